The lowest BCUT2D eigenvalue weighted by atomic mass is 9.98. The number of hydrogen-bond donors (Lipinski definition) is 1. The second-order valence-corrected chi connectivity index (χ2v) is 7.89. The predicted octanol–water partition coefficient (Wildman–Crippen LogP) is 2.19. The molecule has 0 amide bonds. The van der Waals surface area contributed by atoms with Crippen molar-refractivity contribution in [2.24, 2.45) is 0 Å². The molecular formula is C16H12ClN3O4S. The zero-order valence-electron chi connectivity index (χ0n) is 13.2. The van der Waals surface area contributed by atoms with E-state index in [0.717, 1.165) is 18.1 Å². The first-order chi connectivity index (χ1) is 11.7. The highest BCUT2D eigenvalue weighted by atomic mass is 35.5. The van der Waals surface area contributed by atoms with Gasteiger partial charge >= 0.3 is 0 Å². The van der Waals surface area contributed by atoms with Crippen LogP contribution in [0.15, 0.2) is 41.3 Å². The third-order valence-electron chi connectivity index (χ3n) is 3.66. The first-order valence-electron chi connectivity index (χ1n) is 7.07. The molecule has 7 nitrogen and oxygen atoms in total. The Hall–Kier alpha value is -2.58. The number of halogens is 1. The van der Waals surface area contributed by atoms with E-state index in [4.69, 9.17) is 11.6 Å². The smallest absolute Gasteiger partial charge is 0.225 e. The topological polar surface area (TPSA) is 106 Å². The van der Waals surface area contributed by atoms with Gasteiger partial charge in [-0.15, -0.1) is 0 Å². The molecule has 1 aliphatic rings. The van der Waals surface area contributed by atoms with Gasteiger partial charge in [-0.2, -0.15) is 0 Å². The summed E-state index contributed by atoms with van der Waals surface area (Å²) in [5, 5.41) is 3.15. The maximum atomic E-state index is 12.8. The molecule has 0 saturated heterocycles. The first kappa shape index (κ1) is 17.2. The molecule has 3 rings (SSSR count). The summed E-state index contributed by atoms with van der Waals surface area (Å²) in [6.07, 6.45) is 3.14. The van der Waals surface area contributed by atoms with Crippen LogP contribution in [0.1, 0.15) is 26.4 Å². The van der Waals surface area contributed by atoms with Crippen molar-refractivity contribution in [2.75, 3.05) is 11.6 Å². The summed E-state index contributed by atoms with van der Waals surface area (Å²) < 4.78 is 24.3. The SMILES string of the molecule is Cc1ccc(Cl)cc1NC1=C(S(C)(=O)=O)C(=O)c2ncncc2C1=O. The van der Waals surface area contributed by atoms with Gasteiger partial charge in [0.25, 0.3) is 0 Å². The van der Waals surface area contributed by atoms with E-state index in [2.05, 4.69) is 15.3 Å². The molecule has 0 atom stereocenters. The van der Waals surface area contributed by atoms with Gasteiger partial charge in [0.1, 0.15) is 22.6 Å². The number of rotatable bonds is 3. The van der Waals surface area contributed by atoms with E-state index in [0.29, 0.717) is 10.7 Å². The molecule has 1 heterocycles. The molecule has 1 N–H and O–H groups in total. The molecule has 0 spiro atoms. The largest absolute Gasteiger partial charge is 0.351 e. The minimum Gasteiger partial charge on any atom is -0.351 e. The van der Waals surface area contributed by atoms with Crippen LogP contribution in [0.2, 0.25) is 5.02 Å². The van der Waals surface area contributed by atoms with Crippen LogP contribution in [0.3, 0.4) is 0 Å². The number of Topliss-reactive ketones (excluding diaryl/α,β-unsaturated/α-hetero) is 2. The molecule has 25 heavy (non-hydrogen) atoms. The first-order valence-corrected chi connectivity index (χ1v) is 9.34. The summed E-state index contributed by atoms with van der Waals surface area (Å²) in [7, 11) is -3.99. The average Bonchev–Trinajstić information content (AvgIpc) is 2.54. The van der Waals surface area contributed by atoms with Crippen molar-refractivity contribution >= 4 is 38.7 Å². The molecular weight excluding hydrogens is 366 g/mol. The molecule has 0 fully saturated rings. The van der Waals surface area contributed by atoms with Crippen molar-refractivity contribution in [2.45, 2.75) is 6.92 Å². The van der Waals surface area contributed by atoms with Crippen LogP contribution < -0.4 is 5.32 Å². The summed E-state index contributed by atoms with van der Waals surface area (Å²) >= 11 is 5.96. The maximum Gasteiger partial charge on any atom is 0.225 e. The van der Waals surface area contributed by atoms with E-state index in [1.54, 1.807) is 25.1 Å². The Labute approximate surface area is 148 Å². The van der Waals surface area contributed by atoms with Crippen molar-refractivity contribution in [3.05, 3.63) is 63.2 Å². The van der Waals surface area contributed by atoms with Crippen LogP contribution in [-0.4, -0.2) is 36.2 Å². The summed E-state index contributed by atoms with van der Waals surface area (Å²) in [5.41, 5.74) is 0.529. The zero-order valence-corrected chi connectivity index (χ0v) is 14.8. The van der Waals surface area contributed by atoms with Crippen molar-refractivity contribution in [3.8, 4) is 0 Å². The predicted molar refractivity (Wildman–Crippen MR) is 92.4 cm³/mol. The molecule has 1 aliphatic carbocycles. The highest BCUT2D eigenvalue weighted by Gasteiger charge is 2.38. The van der Waals surface area contributed by atoms with Crippen molar-refractivity contribution in [3.63, 3.8) is 0 Å². The molecule has 1 aromatic carbocycles. The number of aryl methyl sites for hydroxylation is 1. The summed E-state index contributed by atoms with van der Waals surface area (Å²) in [5.74, 6) is -1.52. The Morgan fingerprint density at radius 1 is 1.16 bits per heavy atom. The number of carbonyl (C=O) groups is 2. The van der Waals surface area contributed by atoms with Crippen LogP contribution in [0.4, 0.5) is 5.69 Å². The molecule has 0 aliphatic heterocycles. The van der Waals surface area contributed by atoms with Gasteiger partial charge in [0.15, 0.2) is 9.84 Å². The third-order valence-corrected chi connectivity index (χ3v) is 5.03. The lowest BCUT2D eigenvalue weighted by molar-refractivity contribution is 0.0977. The normalized spacial score (nSPS) is 14.5. The van der Waals surface area contributed by atoms with Gasteiger partial charge in [-0.05, 0) is 24.6 Å². The number of fused-ring (bicyclic) bond motifs is 1. The van der Waals surface area contributed by atoms with Gasteiger partial charge in [0, 0.05) is 23.2 Å². The Balaban J connectivity index is 2.24. The lowest BCUT2D eigenvalue weighted by Crippen LogP contribution is -2.30. The number of anilines is 1. The number of hydrogen-bond acceptors (Lipinski definition) is 7. The van der Waals surface area contributed by atoms with E-state index in [9.17, 15) is 18.0 Å². The Morgan fingerprint density at radius 2 is 1.88 bits per heavy atom. The minimum atomic E-state index is -3.99. The van der Waals surface area contributed by atoms with Crippen LogP contribution in [-0.2, 0) is 9.84 Å². The second-order valence-electron chi connectivity index (χ2n) is 5.50. The van der Waals surface area contributed by atoms with E-state index in [1.807, 2.05) is 0 Å². The highest BCUT2D eigenvalue weighted by molar-refractivity contribution is 7.95. The fourth-order valence-corrected chi connectivity index (χ4v) is 3.59. The Morgan fingerprint density at radius 3 is 2.56 bits per heavy atom. The molecule has 9 heteroatoms. The Kier molecular flexibility index (Phi) is 4.18. The zero-order chi connectivity index (χ0) is 18.4. The quantitative estimate of drug-likeness (QED) is 0.873. The van der Waals surface area contributed by atoms with Gasteiger partial charge in [0.2, 0.25) is 11.6 Å². The molecule has 1 aromatic heterocycles. The molecule has 0 bridgehead atoms. The monoisotopic (exact) mass is 377 g/mol. The van der Waals surface area contributed by atoms with Gasteiger partial charge < -0.3 is 5.32 Å². The number of nitrogens with zero attached hydrogens (tertiary/aromatic N) is 2. The average molecular weight is 378 g/mol. The van der Waals surface area contributed by atoms with Crippen molar-refractivity contribution in [1.29, 1.82) is 0 Å². The van der Waals surface area contributed by atoms with Crippen molar-refractivity contribution < 1.29 is 18.0 Å². The lowest BCUT2D eigenvalue weighted by Gasteiger charge is -2.20. The van der Waals surface area contributed by atoms with Crippen LogP contribution in [0.25, 0.3) is 0 Å². The van der Waals surface area contributed by atoms with Crippen LogP contribution >= 0.6 is 11.6 Å². The van der Waals surface area contributed by atoms with Crippen LogP contribution in [0.5, 0.6) is 0 Å². The van der Waals surface area contributed by atoms with E-state index < -0.39 is 26.3 Å². The third kappa shape index (κ3) is 3.06. The fraction of sp³-hybridized carbons (Fsp3) is 0.125. The van der Waals surface area contributed by atoms with Gasteiger partial charge in [-0.1, -0.05) is 17.7 Å². The number of benzene rings is 1. The summed E-state index contributed by atoms with van der Waals surface area (Å²) in [6, 6.07) is 4.90. The number of ketones is 2. The molecule has 0 radical (unpaired) electrons. The molecule has 0 saturated carbocycles. The van der Waals surface area contributed by atoms with Gasteiger partial charge in [0.05, 0.1) is 5.56 Å². The van der Waals surface area contributed by atoms with Gasteiger partial charge in [-0.3, -0.25) is 9.59 Å². The number of allylic oxidation sites excluding steroid dienone is 2. The van der Waals surface area contributed by atoms with Crippen molar-refractivity contribution in [1.82, 2.24) is 9.97 Å². The summed E-state index contributed by atoms with van der Waals surface area (Å²) in [6.45, 7) is 1.76. The summed E-state index contributed by atoms with van der Waals surface area (Å²) in [4.78, 5) is 32.3. The number of sulfone groups is 1. The minimum absolute atomic E-state index is 0.0536. The van der Waals surface area contributed by atoms with E-state index in [1.165, 1.54) is 6.20 Å². The molecule has 128 valence electrons. The highest BCUT2D eigenvalue weighted by Crippen LogP contribution is 2.30. The standard InChI is InChI=1S/C16H12ClN3O4S/c1-8-3-4-9(17)5-11(8)20-13-14(21)10-6-18-7-19-12(10)15(22)16(13)25(2,23)24/h3-7,20H,1-2H3. The number of nitrogens with one attached hydrogen (secondary N) is 1. The molecule has 2 aromatic rings. The number of carbonyl (C=O) groups excluding carboxylic acids is 2. The van der Waals surface area contributed by atoms with E-state index in [-0.39, 0.29) is 17.0 Å². The van der Waals surface area contributed by atoms with Crippen LogP contribution in [0, 0.1) is 6.92 Å². The van der Waals surface area contributed by atoms with E-state index >= 15 is 0 Å². The maximum absolute atomic E-state index is 12.8. The molecule has 0 unspecified atom stereocenters. The second kappa shape index (κ2) is 6.05. The Bertz CT molecular complexity index is 1060. The van der Waals surface area contributed by atoms with Gasteiger partial charge in [-0.25, -0.2) is 18.4 Å². The number of aromatic nitrogens is 2. The fourth-order valence-electron chi connectivity index (χ4n) is 2.47.